The Hall–Kier alpha value is -2.45. The maximum absolute atomic E-state index is 12.8. The van der Waals surface area contributed by atoms with Gasteiger partial charge in [-0.15, -0.1) is 0 Å². The smallest absolute Gasteiger partial charge is 0.254 e. The molecule has 148 valence electrons. The normalized spacial score (nSPS) is 11.2. The molecule has 28 heavy (non-hydrogen) atoms. The predicted octanol–water partition coefficient (Wildman–Crippen LogP) is 3.90. The number of nitrogens with one attached hydrogen (secondary N) is 2. The summed E-state index contributed by atoms with van der Waals surface area (Å²) in [6.07, 6.45) is 2.20. The van der Waals surface area contributed by atoms with Crippen LogP contribution in [-0.2, 0) is 13.0 Å². The molecule has 0 aliphatic carbocycles. The third kappa shape index (κ3) is 4.18. The van der Waals surface area contributed by atoms with Gasteiger partial charge >= 0.3 is 0 Å². The van der Waals surface area contributed by atoms with Gasteiger partial charge in [-0.25, -0.2) is 4.68 Å². The lowest BCUT2D eigenvalue weighted by Gasteiger charge is -2.13. The average molecular weight is 419 g/mol. The second-order valence-electron chi connectivity index (χ2n) is 6.68. The van der Waals surface area contributed by atoms with Crippen LogP contribution in [0.3, 0.4) is 0 Å². The summed E-state index contributed by atoms with van der Waals surface area (Å²) in [5.41, 5.74) is 2.29. The summed E-state index contributed by atoms with van der Waals surface area (Å²) in [7, 11) is 0. The fourth-order valence-corrected chi connectivity index (χ4v) is 3.53. The van der Waals surface area contributed by atoms with Crippen LogP contribution >= 0.6 is 23.8 Å². The van der Waals surface area contributed by atoms with Gasteiger partial charge in [-0.05, 0) is 49.3 Å². The summed E-state index contributed by atoms with van der Waals surface area (Å²) in [5.74, 6) is 0.796. The van der Waals surface area contributed by atoms with Crippen molar-refractivity contribution in [1.82, 2.24) is 29.9 Å². The van der Waals surface area contributed by atoms with E-state index in [0.29, 0.717) is 28.3 Å². The second-order valence-corrected chi connectivity index (χ2v) is 7.50. The Morgan fingerprint density at radius 1 is 1.32 bits per heavy atom. The lowest BCUT2D eigenvalue weighted by atomic mass is 10.0. The molecule has 0 atom stereocenters. The Kier molecular flexibility index (Phi) is 6.31. The van der Waals surface area contributed by atoms with Gasteiger partial charge in [0.15, 0.2) is 4.77 Å². The number of H-pyrrole nitrogens is 1. The minimum atomic E-state index is -0.152. The number of carbonyl (C=O) groups excluding carboxylic acids is 1. The van der Waals surface area contributed by atoms with E-state index in [-0.39, 0.29) is 11.8 Å². The lowest BCUT2D eigenvalue weighted by molar-refractivity contribution is 0.0952. The number of aromatic amines is 1. The molecule has 3 aromatic rings. The zero-order valence-corrected chi connectivity index (χ0v) is 17.6. The molecule has 0 saturated carbocycles. The van der Waals surface area contributed by atoms with Crippen molar-refractivity contribution in [3.63, 3.8) is 0 Å². The van der Waals surface area contributed by atoms with E-state index in [4.69, 9.17) is 23.8 Å². The van der Waals surface area contributed by atoms with E-state index in [1.165, 1.54) is 0 Å². The number of hydrogen-bond acceptors (Lipinski definition) is 4. The fraction of sp³-hybridized carbons (Fsp3) is 0.368. The molecule has 2 aromatic heterocycles. The monoisotopic (exact) mass is 418 g/mol. The number of amides is 1. The third-order valence-corrected chi connectivity index (χ3v) is 5.02. The first-order chi connectivity index (χ1) is 13.4. The average Bonchev–Trinajstić information content (AvgIpc) is 3.26. The van der Waals surface area contributed by atoms with Crippen LogP contribution < -0.4 is 5.32 Å². The van der Waals surface area contributed by atoms with Gasteiger partial charge in [0, 0.05) is 24.5 Å². The molecule has 7 nitrogen and oxygen atoms in total. The first-order valence-corrected chi connectivity index (χ1v) is 9.97. The minimum Gasteiger partial charge on any atom is -0.351 e. The van der Waals surface area contributed by atoms with Crippen molar-refractivity contribution in [3.8, 4) is 5.69 Å². The van der Waals surface area contributed by atoms with Crippen LogP contribution in [0.4, 0.5) is 0 Å². The molecular weight excluding hydrogens is 396 g/mol. The van der Waals surface area contributed by atoms with Crippen LogP contribution in [-0.4, -0.2) is 37.0 Å². The van der Waals surface area contributed by atoms with E-state index in [9.17, 15) is 4.79 Å². The zero-order chi connectivity index (χ0) is 20.3. The Morgan fingerprint density at radius 2 is 2.04 bits per heavy atom. The van der Waals surface area contributed by atoms with Gasteiger partial charge < -0.3 is 9.88 Å². The molecule has 1 amide bonds. The number of rotatable bonds is 7. The van der Waals surface area contributed by atoms with Crippen molar-refractivity contribution in [2.75, 3.05) is 6.54 Å². The van der Waals surface area contributed by atoms with Crippen molar-refractivity contribution in [2.45, 2.75) is 39.7 Å². The number of nitrogens with zero attached hydrogens (tertiary/aromatic N) is 4. The zero-order valence-electron chi connectivity index (χ0n) is 16.1. The van der Waals surface area contributed by atoms with Crippen LogP contribution in [0.1, 0.15) is 48.6 Å². The molecule has 0 radical (unpaired) electrons. The Labute approximate surface area is 173 Å². The highest BCUT2D eigenvalue weighted by molar-refractivity contribution is 7.71. The number of carbonyl (C=O) groups is 1. The van der Waals surface area contributed by atoms with Gasteiger partial charge in [-0.2, -0.15) is 10.2 Å². The molecule has 0 spiro atoms. The van der Waals surface area contributed by atoms with Gasteiger partial charge in [0.1, 0.15) is 5.82 Å². The number of benzene rings is 1. The lowest BCUT2D eigenvalue weighted by Crippen LogP contribution is -2.27. The summed E-state index contributed by atoms with van der Waals surface area (Å²) in [6.45, 7) is 7.29. The molecule has 0 fully saturated rings. The summed E-state index contributed by atoms with van der Waals surface area (Å²) < 4.78 is 4.30. The molecular formula is C19H23ClN6OS. The van der Waals surface area contributed by atoms with E-state index >= 15 is 0 Å². The summed E-state index contributed by atoms with van der Waals surface area (Å²) >= 11 is 11.2. The van der Waals surface area contributed by atoms with Gasteiger partial charge in [-0.1, -0.05) is 25.4 Å². The number of aromatic nitrogens is 5. The molecule has 0 unspecified atom stereocenters. The summed E-state index contributed by atoms with van der Waals surface area (Å²) in [5, 5.41) is 15.1. The standard InChI is InChI=1S/C19H23ClN6OS/c1-4-25-16(23-24-19(25)28)9-10-21-18(27)15-11-22-26(17(15)12(2)3)14-7-5-13(20)6-8-14/h5-8,11-12H,4,9-10H2,1-3H3,(H,21,27)(H,24,28). The van der Waals surface area contributed by atoms with Crippen molar-refractivity contribution < 1.29 is 4.79 Å². The molecule has 2 N–H and O–H groups in total. The van der Waals surface area contributed by atoms with E-state index in [1.807, 2.05) is 49.6 Å². The Morgan fingerprint density at radius 3 is 2.68 bits per heavy atom. The minimum absolute atomic E-state index is 0.121. The number of halogens is 1. The van der Waals surface area contributed by atoms with Crippen molar-refractivity contribution in [1.29, 1.82) is 0 Å². The molecule has 0 bridgehead atoms. The van der Waals surface area contributed by atoms with E-state index in [1.54, 1.807) is 10.9 Å². The van der Waals surface area contributed by atoms with Crippen LogP contribution in [0.2, 0.25) is 5.02 Å². The molecule has 3 rings (SSSR count). The van der Waals surface area contributed by atoms with Crippen LogP contribution in [0, 0.1) is 4.77 Å². The second kappa shape index (κ2) is 8.70. The topological polar surface area (TPSA) is 80.5 Å². The highest BCUT2D eigenvalue weighted by Crippen LogP contribution is 2.24. The molecule has 0 aliphatic rings. The van der Waals surface area contributed by atoms with E-state index < -0.39 is 0 Å². The van der Waals surface area contributed by atoms with Gasteiger partial charge in [0.2, 0.25) is 0 Å². The van der Waals surface area contributed by atoms with Crippen LogP contribution in [0.15, 0.2) is 30.5 Å². The fourth-order valence-electron chi connectivity index (χ4n) is 3.13. The maximum atomic E-state index is 12.8. The molecule has 2 heterocycles. The van der Waals surface area contributed by atoms with Crippen LogP contribution in [0.25, 0.3) is 5.69 Å². The highest BCUT2D eigenvalue weighted by Gasteiger charge is 2.20. The molecule has 0 aliphatic heterocycles. The quantitative estimate of drug-likeness (QED) is 0.570. The first-order valence-electron chi connectivity index (χ1n) is 9.18. The highest BCUT2D eigenvalue weighted by atomic mass is 35.5. The van der Waals surface area contributed by atoms with Crippen molar-refractivity contribution >= 4 is 29.7 Å². The summed E-state index contributed by atoms with van der Waals surface area (Å²) in [6, 6.07) is 7.39. The molecule has 9 heteroatoms. The Balaban J connectivity index is 1.76. The van der Waals surface area contributed by atoms with Crippen molar-refractivity contribution in [2.24, 2.45) is 0 Å². The largest absolute Gasteiger partial charge is 0.351 e. The summed E-state index contributed by atoms with van der Waals surface area (Å²) in [4.78, 5) is 12.8. The SMILES string of the molecule is CCn1c(CCNC(=O)c2cnn(-c3ccc(Cl)cc3)c2C(C)C)n[nH]c1=S. The van der Waals surface area contributed by atoms with E-state index in [0.717, 1.165) is 23.8 Å². The first kappa shape index (κ1) is 20.3. The van der Waals surface area contributed by atoms with Gasteiger partial charge in [-0.3, -0.25) is 9.89 Å². The van der Waals surface area contributed by atoms with Gasteiger partial charge in [0.05, 0.1) is 23.1 Å². The van der Waals surface area contributed by atoms with Crippen molar-refractivity contribution in [3.05, 3.63) is 57.3 Å². The molecule has 0 saturated heterocycles. The third-order valence-electron chi connectivity index (χ3n) is 4.46. The maximum Gasteiger partial charge on any atom is 0.254 e. The van der Waals surface area contributed by atoms with Gasteiger partial charge in [0.25, 0.3) is 5.91 Å². The van der Waals surface area contributed by atoms with E-state index in [2.05, 4.69) is 20.6 Å². The number of hydrogen-bond donors (Lipinski definition) is 2. The molecule has 1 aromatic carbocycles. The Bertz CT molecular complexity index is 1020. The van der Waals surface area contributed by atoms with Crippen LogP contribution in [0.5, 0.6) is 0 Å². The predicted molar refractivity (Wildman–Crippen MR) is 112 cm³/mol.